The first kappa shape index (κ1) is 10.5. The van der Waals surface area contributed by atoms with Gasteiger partial charge in [-0.1, -0.05) is 0 Å². The number of aliphatic hydroxyl groups is 1. The maximum Gasteiger partial charge on any atom is 0.0967 e. The molecule has 78 valence electrons. The second-order valence-electron chi connectivity index (χ2n) is 3.79. The molecule has 0 saturated carbocycles. The van der Waals surface area contributed by atoms with E-state index in [2.05, 4.69) is 10.4 Å². The van der Waals surface area contributed by atoms with E-state index < -0.39 is 0 Å². The number of thioether (sulfide) groups is 1. The van der Waals surface area contributed by atoms with E-state index in [-0.39, 0.29) is 6.10 Å². The molecule has 2 rings (SSSR count). The smallest absolute Gasteiger partial charge is 0.0967 e. The van der Waals surface area contributed by atoms with Crippen LogP contribution < -0.4 is 0 Å². The summed E-state index contributed by atoms with van der Waals surface area (Å²) in [7, 11) is 0. The third-order valence-electron chi connectivity index (χ3n) is 2.35. The van der Waals surface area contributed by atoms with Gasteiger partial charge in [-0.05, 0) is 19.1 Å². The van der Waals surface area contributed by atoms with E-state index in [1.165, 1.54) is 22.9 Å². The summed E-state index contributed by atoms with van der Waals surface area (Å²) in [4.78, 5) is 4.58. The van der Waals surface area contributed by atoms with Gasteiger partial charge >= 0.3 is 0 Å². The van der Waals surface area contributed by atoms with Gasteiger partial charge in [0.2, 0.25) is 0 Å². The predicted octanol–water partition coefficient (Wildman–Crippen LogP) is 2.29. The summed E-state index contributed by atoms with van der Waals surface area (Å²) in [6, 6.07) is 0. The zero-order valence-corrected chi connectivity index (χ0v) is 9.90. The number of aliphatic hydroxyl groups excluding tert-OH is 1. The van der Waals surface area contributed by atoms with E-state index in [9.17, 15) is 5.11 Å². The van der Waals surface area contributed by atoms with Gasteiger partial charge in [0.05, 0.1) is 16.8 Å². The fraction of sp³-hybridized carbons (Fsp3) is 0.700. The average Bonchev–Trinajstić information content (AvgIpc) is 2.69. The molecule has 1 aliphatic rings. The third kappa shape index (κ3) is 2.49. The maximum absolute atomic E-state index is 9.24. The molecule has 1 aliphatic heterocycles. The van der Waals surface area contributed by atoms with Crippen molar-refractivity contribution in [2.75, 3.05) is 11.5 Å². The Morgan fingerprint density at radius 1 is 1.71 bits per heavy atom. The van der Waals surface area contributed by atoms with Crippen molar-refractivity contribution in [2.45, 2.75) is 31.8 Å². The van der Waals surface area contributed by atoms with Gasteiger partial charge in [-0.25, -0.2) is 4.98 Å². The molecule has 1 aromatic rings. The summed E-state index contributed by atoms with van der Waals surface area (Å²) in [6.07, 6.45) is 1.69. The van der Waals surface area contributed by atoms with Crippen molar-refractivity contribution in [1.82, 2.24) is 4.98 Å². The normalized spacial score (nSPS) is 24.0. The molecule has 2 atom stereocenters. The Kier molecular flexibility index (Phi) is 3.47. The van der Waals surface area contributed by atoms with Gasteiger partial charge in [0.15, 0.2) is 0 Å². The fourth-order valence-electron chi connectivity index (χ4n) is 1.64. The van der Waals surface area contributed by atoms with E-state index in [0.29, 0.717) is 12.3 Å². The largest absolute Gasteiger partial charge is 0.393 e. The standard InChI is InChI=1S/C10H15NOS2/c1-7(12)4-9-6-14-10(11-9)8-2-3-13-5-8/h6-8,12H,2-5H2,1H3. The SMILES string of the molecule is CC(O)Cc1csc(C2CCSC2)n1. The van der Waals surface area contributed by atoms with Crippen molar-refractivity contribution in [1.29, 1.82) is 0 Å². The highest BCUT2D eigenvalue weighted by Crippen LogP contribution is 2.33. The molecule has 2 heterocycles. The molecule has 1 fully saturated rings. The van der Waals surface area contributed by atoms with Crippen molar-refractivity contribution < 1.29 is 5.11 Å². The molecule has 2 nitrogen and oxygen atoms in total. The van der Waals surface area contributed by atoms with Gasteiger partial charge in [0, 0.05) is 23.5 Å². The second kappa shape index (κ2) is 4.64. The molecule has 0 bridgehead atoms. The van der Waals surface area contributed by atoms with Crippen molar-refractivity contribution in [2.24, 2.45) is 0 Å². The van der Waals surface area contributed by atoms with Crippen molar-refractivity contribution >= 4 is 23.1 Å². The quantitative estimate of drug-likeness (QED) is 0.863. The first-order valence-electron chi connectivity index (χ1n) is 4.96. The van der Waals surface area contributed by atoms with Crippen molar-refractivity contribution in [3.05, 3.63) is 16.1 Å². The van der Waals surface area contributed by atoms with Gasteiger partial charge in [-0.3, -0.25) is 0 Å². The molecule has 1 aromatic heterocycles. The molecule has 0 radical (unpaired) electrons. The van der Waals surface area contributed by atoms with Crippen LogP contribution in [0.2, 0.25) is 0 Å². The molecule has 1 N–H and O–H groups in total. The van der Waals surface area contributed by atoms with E-state index in [1.807, 2.05) is 18.7 Å². The minimum Gasteiger partial charge on any atom is -0.393 e. The van der Waals surface area contributed by atoms with E-state index >= 15 is 0 Å². The topological polar surface area (TPSA) is 33.1 Å². The maximum atomic E-state index is 9.24. The Morgan fingerprint density at radius 2 is 2.57 bits per heavy atom. The highest BCUT2D eigenvalue weighted by atomic mass is 32.2. The van der Waals surface area contributed by atoms with Crippen LogP contribution in [0.3, 0.4) is 0 Å². The van der Waals surface area contributed by atoms with Gasteiger partial charge in [0.1, 0.15) is 0 Å². The van der Waals surface area contributed by atoms with E-state index in [4.69, 9.17) is 0 Å². The van der Waals surface area contributed by atoms with E-state index in [0.717, 1.165) is 5.69 Å². The lowest BCUT2D eigenvalue weighted by Gasteiger charge is -2.02. The van der Waals surface area contributed by atoms with Gasteiger partial charge in [-0.15, -0.1) is 11.3 Å². The van der Waals surface area contributed by atoms with Crippen molar-refractivity contribution in [3.63, 3.8) is 0 Å². The van der Waals surface area contributed by atoms with Crippen LogP contribution in [0.1, 0.15) is 30.0 Å². The van der Waals surface area contributed by atoms with Crippen LogP contribution in [0, 0.1) is 0 Å². The fourth-order valence-corrected chi connectivity index (χ4v) is 3.94. The molecule has 0 amide bonds. The molecule has 4 heteroatoms. The van der Waals surface area contributed by atoms with Gasteiger partial charge in [0.25, 0.3) is 0 Å². The molecule has 1 saturated heterocycles. The van der Waals surface area contributed by atoms with Crippen LogP contribution in [0.5, 0.6) is 0 Å². The average molecular weight is 229 g/mol. The van der Waals surface area contributed by atoms with Gasteiger partial charge < -0.3 is 5.11 Å². The number of hydrogen-bond donors (Lipinski definition) is 1. The summed E-state index contributed by atoms with van der Waals surface area (Å²) in [6.45, 7) is 1.81. The first-order valence-corrected chi connectivity index (χ1v) is 6.99. The molecule has 2 unspecified atom stereocenters. The Labute approximate surface area is 92.8 Å². The Morgan fingerprint density at radius 3 is 3.21 bits per heavy atom. The van der Waals surface area contributed by atoms with Crippen LogP contribution in [0.4, 0.5) is 0 Å². The van der Waals surface area contributed by atoms with Crippen LogP contribution in [0.15, 0.2) is 5.38 Å². The zero-order chi connectivity index (χ0) is 9.97. The molecule has 0 spiro atoms. The monoisotopic (exact) mass is 229 g/mol. The molecular weight excluding hydrogens is 214 g/mol. The van der Waals surface area contributed by atoms with E-state index in [1.54, 1.807) is 11.3 Å². The Hall–Kier alpha value is -0.0600. The highest BCUT2D eigenvalue weighted by Gasteiger charge is 2.20. The lowest BCUT2D eigenvalue weighted by Crippen LogP contribution is -2.05. The highest BCUT2D eigenvalue weighted by molar-refractivity contribution is 7.99. The number of nitrogens with zero attached hydrogens (tertiary/aromatic N) is 1. The molecule has 0 aromatic carbocycles. The lowest BCUT2D eigenvalue weighted by molar-refractivity contribution is 0.194. The summed E-state index contributed by atoms with van der Waals surface area (Å²) in [5.41, 5.74) is 1.05. The summed E-state index contributed by atoms with van der Waals surface area (Å²) in [5.74, 6) is 3.17. The van der Waals surface area contributed by atoms with Crippen molar-refractivity contribution in [3.8, 4) is 0 Å². The molecule has 0 aliphatic carbocycles. The van der Waals surface area contributed by atoms with Crippen LogP contribution in [-0.2, 0) is 6.42 Å². The Balaban J connectivity index is 2.01. The minimum absolute atomic E-state index is 0.275. The van der Waals surface area contributed by atoms with Gasteiger partial charge in [-0.2, -0.15) is 11.8 Å². The summed E-state index contributed by atoms with van der Waals surface area (Å²) < 4.78 is 0. The minimum atomic E-state index is -0.275. The van der Waals surface area contributed by atoms with Crippen LogP contribution in [-0.4, -0.2) is 27.7 Å². The second-order valence-corrected chi connectivity index (χ2v) is 5.83. The van der Waals surface area contributed by atoms with Crippen LogP contribution >= 0.6 is 23.1 Å². The number of thiazole rings is 1. The summed E-state index contributed by atoms with van der Waals surface area (Å²) >= 11 is 3.77. The molecular formula is C10H15NOS2. The Bertz CT molecular complexity index is 292. The number of aromatic nitrogens is 1. The lowest BCUT2D eigenvalue weighted by atomic mass is 10.1. The summed E-state index contributed by atoms with van der Waals surface area (Å²) in [5, 5.41) is 12.6. The number of rotatable bonds is 3. The third-order valence-corrected chi connectivity index (χ3v) is 4.57. The predicted molar refractivity (Wildman–Crippen MR) is 62.2 cm³/mol. The first-order chi connectivity index (χ1) is 6.75. The molecule has 14 heavy (non-hydrogen) atoms. The number of hydrogen-bond acceptors (Lipinski definition) is 4. The van der Waals surface area contributed by atoms with Crippen LogP contribution in [0.25, 0.3) is 0 Å². The zero-order valence-electron chi connectivity index (χ0n) is 8.27.